The summed E-state index contributed by atoms with van der Waals surface area (Å²) in [7, 11) is 0. The number of carbonyl (C=O) groups is 1. The van der Waals surface area contributed by atoms with Gasteiger partial charge in [-0.25, -0.2) is 9.97 Å². The van der Waals surface area contributed by atoms with Gasteiger partial charge in [-0.05, 0) is 31.6 Å². The van der Waals surface area contributed by atoms with E-state index in [4.69, 9.17) is 0 Å². The average molecular weight is 406 g/mol. The zero-order chi connectivity index (χ0) is 19.6. The molecule has 1 amide bonds. The Bertz CT molecular complexity index is 628. The van der Waals surface area contributed by atoms with Crippen LogP contribution in [0.2, 0.25) is 0 Å². The van der Waals surface area contributed by atoms with Crippen molar-refractivity contribution in [3.63, 3.8) is 0 Å². The summed E-state index contributed by atoms with van der Waals surface area (Å²) in [6.45, 7) is 7.29. The molecule has 0 aromatic carbocycles. The Morgan fingerprint density at radius 2 is 2.04 bits per heavy atom. The molecule has 154 valence electrons. The summed E-state index contributed by atoms with van der Waals surface area (Å²) in [6.07, 6.45) is 6.53. The molecule has 1 aromatic rings. The van der Waals surface area contributed by atoms with Crippen LogP contribution in [-0.4, -0.2) is 83.6 Å². The molecular weight excluding hydrogens is 374 g/mol. The van der Waals surface area contributed by atoms with Gasteiger partial charge >= 0.3 is 0 Å². The number of nitrogens with zero attached hydrogens (tertiary/aromatic N) is 5. The van der Waals surface area contributed by atoms with Gasteiger partial charge in [0.2, 0.25) is 11.9 Å². The van der Waals surface area contributed by atoms with Crippen molar-refractivity contribution in [2.45, 2.75) is 31.4 Å². The zero-order valence-electron chi connectivity index (χ0n) is 16.6. The van der Waals surface area contributed by atoms with Crippen molar-refractivity contribution < 1.29 is 4.79 Å². The maximum absolute atomic E-state index is 12.5. The van der Waals surface area contributed by atoms with Crippen LogP contribution in [0, 0.1) is 0 Å². The summed E-state index contributed by atoms with van der Waals surface area (Å²) < 4.78 is 0. The van der Waals surface area contributed by atoms with E-state index in [2.05, 4.69) is 37.4 Å². The van der Waals surface area contributed by atoms with Gasteiger partial charge in [-0.3, -0.25) is 9.79 Å². The summed E-state index contributed by atoms with van der Waals surface area (Å²) in [5.41, 5.74) is 0. The SMILES string of the molecule is CCNC(=NCC1CCCS1)NCCC(=O)N1CCN(c2ncccn2)CC1. The zero-order valence-corrected chi connectivity index (χ0v) is 17.5. The Balaban J connectivity index is 1.38. The van der Waals surface area contributed by atoms with Crippen molar-refractivity contribution in [1.29, 1.82) is 0 Å². The van der Waals surface area contributed by atoms with Crippen LogP contribution in [0.5, 0.6) is 0 Å². The van der Waals surface area contributed by atoms with E-state index in [1.165, 1.54) is 18.6 Å². The molecule has 0 bridgehead atoms. The van der Waals surface area contributed by atoms with Crippen LogP contribution in [-0.2, 0) is 4.79 Å². The fraction of sp³-hybridized carbons (Fsp3) is 0.684. The Kier molecular flexibility index (Phi) is 8.20. The molecule has 0 radical (unpaired) electrons. The minimum Gasteiger partial charge on any atom is -0.357 e. The highest BCUT2D eigenvalue weighted by Crippen LogP contribution is 2.25. The van der Waals surface area contributed by atoms with Gasteiger partial charge in [0.05, 0.1) is 6.54 Å². The second-order valence-electron chi connectivity index (χ2n) is 6.95. The third-order valence-corrected chi connectivity index (χ3v) is 6.30. The minimum atomic E-state index is 0.184. The largest absolute Gasteiger partial charge is 0.357 e. The van der Waals surface area contributed by atoms with Crippen LogP contribution in [0.1, 0.15) is 26.2 Å². The highest BCUT2D eigenvalue weighted by molar-refractivity contribution is 8.00. The number of nitrogens with one attached hydrogen (secondary N) is 2. The second kappa shape index (κ2) is 11.1. The number of carbonyl (C=O) groups excluding carboxylic acids is 1. The van der Waals surface area contributed by atoms with Gasteiger partial charge in [0.1, 0.15) is 0 Å². The van der Waals surface area contributed by atoms with E-state index < -0.39 is 0 Å². The molecule has 0 spiro atoms. The van der Waals surface area contributed by atoms with Crippen LogP contribution in [0.3, 0.4) is 0 Å². The molecule has 28 heavy (non-hydrogen) atoms. The molecule has 3 rings (SSSR count). The van der Waals surface area contributed by atoms with Gasteiger partial charge in [0, 0.05) is 63.3 Å². The number of piperazine rings is 1. The number of amides is 1. The van der Waals surface area contributed by atoms with E-state index in [1.807, 2.05) is 22.7 Å². The van der Waals surface area contributed by atoms with Crippen LogP contribution >= 0.6 is 11.8 Å². The standard InChI is InChI=1S/C19H31N7OS/c1-2-20-18(24-15-16-5-3-14-28-16)21-9-6-17(27)25-10-12-26(13-11-25)19-22-7-4-8-23-19/h4,7-8,16H,2-3,5-6,9-15H2,1H3,(H2,20,21,24). The fourth-order valence-electron chi connectivity index (χ4n) is 3.38. The van der Waals surface area contributed by atoms with Gasteiger partial charge in [0.25, 0.3) is 0 Å². The van der Waals surface area contributed by atoms with Crippen LogP contribution in [0.4, 0.5) is 5.95 Å². The molecule has 2 saturated heterocycles. The number of aromatic nitrogens is 2. The summed E-state index contributed by atoms with van der Waals surface area (Å²) in [5.74, 6) is 2.99. The molecule has 3 heterocycles. The maximum atomic E-state index is 12.5. The second-order valence-corrected chi connectivity index (χ2v) is 8.36. The molecular formula is C19H31N7OS. The summed E-state index contributed by atoms with van der Waals surface area (Å²) in [6, 6.07) is 1.81. The molecule has 2 aliphatic rings. The van der Waals surface area contributed by atoms with Crippen LogP contribution < -0.4 is 15.5 Å². The van der Waals surface area contributed by atoms with Crippen molar-refractivity contribution in [2.75, 3.05) is 56.5 Å². The van der Waals surface area contributed by atoms with E-state index in [0.717, 1.165) is 38.1 Å². The predicted molar refractivity (Wildman–Crippen MR) is 115 cm³/mol. The predicted octanol–water partition coefficient (Wildman–Crippen LogP) is 0.966. The normalized spacial score (nSPS) is 20.3. The van der Waals surface area contributed by atoms with Crippen molar-refractivity contribution >= 4 is 29.6 Å². The highest BCUT2D eigenvalue weighted by Gasteiger charge is 2.22. The Labute approximate surface area is 171 Å². The Hall–Kier alpha value is -2.03. The van der Waals surface area contributed by atoms with E-state index in [-0.39, 0.29) is 5.91 Å². The third kappa shape index (κ3) is 6.25. The van der Waals surface area contributed by atoms with Gasteiger partial charge < -0.3 is 20.4 Å². The van der Waals surface area contributed by atoms with Gasteiger partial charge in [0.15, 0.2) is 5.96 Å². The number of hydrogen-bond donors (Lipinski definition) is 2. The van der Waals surface area contributed by atoms with E-state index in [0.29, 0.717) is 31.3 Å². The lowest BCUT2D eigenvalue weighted by Gasteiger charge is -2.34. The topological polar surface area (TPSA) is 85.8 Å². The van der Waals surface area contributed by atoms with Crippen LogP contribution in [0.25, 0.3) is 0 Å². The highest BCUT2D eigenvalue weighted by atomic mass is 32.2. The number of rotatable bonds is 7. The maximum Gasteiger partial charge on any atom is 0.225 e. The number of thioether (sulfide) groups is 1. The first-order valence-corrected chi connectivity index (χ1v) is 11.2. The molecule has 2 fully saturated rings. The van der Waals surface area contributed by atoms with E-state index in [9.17, 15) is 4.79 Å². The number of aliphatic imine (C=N–C) groups is 1. The summed E-state index contributed by atoms with van der Waals surface area (Å²) >= 11 is 2.01. The van der Waals surface area contributed by atoms with Crippen molar-refractivity contribution in [1.82, 2.24) is 25.5 Å². The van der Waals surface area contributed by atoms with Crippen molar-refractivity contribution in [3.05, 3.63) is 18.5 Å². The Morgan fingerprint density at radius 1 is 1.25 bits per heavy atom. The summed E-state index contributed by atoms with van der Waals surface area (Å²) in [5, 5.41) is 7.21. The molecule has 0 saturated carbocycles. The third-order valence-electron chi connectivity index (χ3n) is 4.92. The first-order chi connectivity index (χ1) is 13.8. The minimum absolute atomic E-state index is 0.184. The van der Waals surface area contributed by atoms with E-state index in [1.54, 1.807) is 12.4 Å². The van der Waals surface area contributed by atoms with Crippen molar-refractivity contribution in [2.24, 2.45) is 4.99 Å². The molecule has 0 aliphatic carbocycles. The first kappa shape index (κ1) is 20.7. The fourth-order valence-corrected chi connectivity index (χ4v) is 4.56. The molecule has 1 atom stereocenters. The molecule has 2 N–H and O–H groups in total. The number of guanidine groups is 1. The molecule has 1 unspecified atom stereocenters. The van der Waals surface area contributed by atoms with Gasteiger partial charge in [-0.15, -0.1) is 0 Å². The smallest absolute Gasteiger partial charge is 0.225 e. The first-order valence-electron chi connectivity index (χ1n) is 10.2. The van der Waals surface area contributed by atoms with Gasteiger partial charge in [-0.1, -0.05) is 0 Å². The molecule has 9 heteroatoms. The monoisotopic (exact) mass is 405 g/mol. The molecule has 1 aromatic heterocycles. The molecule has 2 aliphatic heterocycles. The average Bonchev–Trinajstić information content (AvgIpc) is 3.26. The lowest BCUT2D eigenvalue weighted by atomic mass is 10.2. The summed E-state index contributed by atoms with van der Waals surface area (Å²) in [4.78, 5) is 29.8. The lowest BCUT2D eigenvalue weighted by Crippen LogP contribution is -2.50. The quantitative estimate of drug-likeness (QED) is 0.516. The lowest BCUT2D eigenvalue weighted by molar-refractivity contribution is -0.131. The van der Waals surface area contributed by atoms with Crippen molar-refractivity contribution in [3.8, 4) is 0 Å². The molecule has 8 nitrogen and oxygen atoms in total. The number of anilines is 1. The number of hydrogen-bond acceptors (Lipinski definition) is 6. The van der Waals surface area contributed by atoms with E-state index >= 15 is 0 Å². The van der Waals surface area contributed by atoms with Gasteiger partial charge in [-0.2, -0.15) is 11.8 Å². The Morgan fingerprint density at radius 3 is 2.71 bits per heavy atom. The van der Waals surface area contributed by atoms with Crippen LogP contribution in [0.15, 0.2) is 23.5 Å².